The number of rotatable bonds is 11. The van der Waals surface area contributed by atoms with Gasteiger partial charge in [-0.25, -0.2) is 4.79 Å². The molecule has 0 aliphatic carbocycles. The summed E-state index contributed by atoms with van der Waals surface area (Å²) in [5, 5.41) is 0. The number of carbonyl (C=O) groups is 2. The van der Waals surface area contributed by atoms with Crippen LogP contribution in [-0.4, -0.2) is 49.6 Å². The smallest absolute Gasteiger partial charge is 0.347 e. The topological polar surface area (TPSA) is 80.3 Å². The highest BCUT2D eigenvalue weighted by Crippen LogP contribution is 2.36. The fourth-order valence-electron chi connectivity index (χ4n) is 4.02. The van der Waals surface area contributed by atoms with E-state index in [0.717, 1.165) is 44.3 Å². The van der Waals surface area contributed by atoms with Gasteiger partial charge in [-0.05, 0) is 64.9 Å². The standard InChI is InChI=1S/C25H36O7/c1-4-20(24(27)28-5-2)31-19-12-11-18-16-22(26)25(3,32-21(18)17-19)13-7-9-15-30-23-10-6-8-14-29-23/h11-12,17,20,23H,4-10,13-16H2,1-3H3. The first-order valence-electron chi connectivity index (χ1n) is 11.9. The van der Waals surface area contributed by atoms with E-state index >= 15 is 0 Å². The minimum atomic E-state index is -0.877. The van der Waals surface area contributed by atoms with Crippen molar-refractivity contribution in [2.75, 3.05) is 19.8 Å². The largest absolute Gasteiger partial charge is 0.479 e. The van der Waals surface area contributed by atoms with E-state index in [0.29, 0.717) is 44.0 Å². The molecule has 2 heterocycles. The van der Waals surface area contributed by atoms with Crippen LogP contribution in [0.3, 0.4) is 0 Å². The van der Waals surface area contributed by atoms with Crippen LogP contribution in [0.15, 0.2) is 18.2 Å². The zero-order chi connectivity index (χ0) is 23.0. The summed E-state index contributed by atoms with van der Waals surface area (Å²) in [6.45, 7) is 7.20. The molecule has 0 saturated carbocycles. The Bertz CT molecular complexity index is 772. The average molecular weight is 449 g/mol. The van der Waals surface area contributed by atoms with Crippen LogP contribution in [0.5, 0.6) is 11.5 Å². The molecule has 2 aliphatic rings. The Kier molecular flexibility index (Phi) is 8.93. The number of Topliss-reactive ketones (excluding diaryl/α,β-unsaturated/α-hetero) is 1. The Morgan fingerprint density at radius 1 is 1.25 bits per heavy atom. The number of benzene rings is 1. The van der Waals surface area contributed by atoms with Gasteiger partial charge in [-0.2, -0.15) is 0 Å². The van der Waals surface area contributed by atoms with Gasteiger partial charge in [0.15, 0.2) is 23.8 Å². The number of ketones is 1. The molecule has 7 nitrogen and oxygen atoms in total. The van der Waals surface area contributed by atoms with E-state index in [2.05, 4.69) is 0 Å². The molecule has 0 bridgehead atoms. The number of carbonyl (C=O) groups excluding carboxylic acids is 2. The Labute approximate surface area is 190 Å². The third-order valence-electron chi connectivity index (χ3n) is 6.00. The second kappa shape index (κ2) is 11.7. The van der Waals surface area contributed by atoms with Crippen LogP contribution in [-0.2, 0) is 30.2 Å². The van der Waals surface area contributed by atoms with Crippen molar-refractivity contribution in [2.45, 2.75) is 90.1 Å². The molecule has 1 saturated heterocycles. The van der Waals surface area contributed by atoms with Gasteiger partial charge in [-0.15, -0.1) is 0 Å². The third-order valence-corrected chi connectivity index (χ3v) is 6.00. The van der Waals surface area contributed by atoms with E-state index in [9.17, 15) is 9.59 Å². The van der Waals surface area contributed by atoms with Gasteiger partial charge in [-0.3, -0.25) is 4.79 Å². The highest BCUT2D eigenvalue weighted by molar-refractivity contribution is 5.91. The molecule has 32 heavy (non-hydrogen) atoms. The van der Waals surface area contributed by atoms with Crippen LogP contribution < -0.4 is 9.47 Å². The predicted octanol–water partition coefficient (Wildman–Crippen LogP) is 4.38. The summed E-state index contributed by atoms with van der Waals surface area (Å²) in [4.78, 5) is 24.8. The molecule has 0 radical (unpaired) electrons. The SMILES string of the molecule is CCOC(=O)C(CC)Oc1ccc2c(c1)OC(C)(CCCCOC1CCCCO1)C(=O)C2. The van der Waals surface area contributed by atoms with Crippen molar-refractivity contribution < 1.29 is 33.3 Å². The molecule has 3 atom stereocenters. The van der Waals surface area contributed by atoms with Gasteiger partial charge in [0.1, 0.15) is 11.5 Å². The Morgan fingerprint density at radius 3 is 2.81 bits per heavy atom. The normalized spacial score (nSPS) is 23.7. The summed E-state index contributed by atoms with van der Waals surface area (Å²) in [6.07, 6.45) is 5.57. The van der Waals surface area contributed by atoms with Crippen molar-refractivity contribution in [3.63, 3.8) is 0 Å². The number of esters is 1. The van der Waals surface area contributed by atoms with Crippen molar-refractivity contribution >= 4 is 11.8 Å². The lowest BCUT2D eigenvalue weighted by Crippen LogP contribution is -2.45. The quantitative estimate of drug-likeness (QED) is 0.367. The summed E-state index contributed by atoms with van der Waals surface area (Å²) in [5.41, 5.74) is -0.0417. The summed E-state index contributed by atoms with van der Waals surface area (Å²) >= 11 is 0. The molecule has 7 heteroatoms. The number of fused-ring (bicyclic) bond motifs is 1. The summed E-state index contributed by atoms with van der Waals surface area (Å²) in [5.74, 6) is 0.860. The summed E-state index contributed by atoms with van der Waals surface area (Å²) in [6, 6.07) is 5.37. The van der Waals surface area contributed by atoms with E-state index < -0.39 is 11.7 Å². The fourth-order valence-corrected chi connectivity index (χ4v) is 4.02. The van der Waals surface area contributed by atoms with Gasteiger partial charge < -0.3 is 23.7 Å². The Hall–Kier alpha value is -2.12. The van der Waals surface area contributed by atoms with Crippen molar-refractivity contribution in [1.29, 1.82) is 0 Å². The maximum absolute atomic E-state index is 12.8. The van der Waals surface area contributed by atoms with E-state index in [-0.39, 0.29) is 18.0 Å². The first-order chi connectivity index (χ1) is 15.4. The molecular formula is C25H36O7. The maximum atomic E-state index is 12.8. The number of hydrogen-bond donors (Lipinski definition) is 0. The second-order valence-electron chi connectivity index (χ2n) is 8.59. The molecule has 3 unspecified atom stereocenters. The van der Waals surface area contributed by atoms with Gasteiger partial charge in [-0.1, -0.05) is 13.0 Å². The van der Waals surface area contributed by atoms with Crippen molar-refractivity contribution in [1.82, 2.24) is 0 Å². The van der Waals surface area contributed by atoms with E-state index in [1.54, 1.807) is 19.1 Å². The summed E-state index contributed by atoms with van der Waals surface area (Å²) < 4.78 is 28.5. The van der Waals surface area contributed by atoms with E-state index in [1.807, 2.05) is 19.9 Å². The zero-order valence-corrected chi connectivity index (χ0v) is 19.5. The van der Waals surface area contributed by atoms with Crippen LogP contribution in [0.2, 0.25) is 0 Å². The van der Waals surface area contributed by atoms with Gasteiger partial charge in [0.25, 0.3) is 0 Å². The monoisotopic (exact) mass is 448 g/mol. The van der Waals surface area contributed by atoms with Gasteiger partial charge in [0.05, 0.1) is 6.61 Å². The first kappa shape index (κ1) is 24.5. The van der Waals surface area contributed by atoms with Crippen LogP contribution in [0.1, 0.15) is 71.3 Å². The molecule has 0 amide bonds. The lowest BCUT2D eigenvalue weighted by Gasteiger charge is -2.34. The number of unbranched alkanes of at least 4 members (excludes halogenated alkanes) is 1. The van der Waals surface area contributed by atoms with Crippen LogP contribution in [0.4, 0.5) is 0 Å². The van der Waals surface area contributed by atoms with E-state index in [4.69, 9.17) is 23.7 Å². The molecule has 0 aromatic heterocycles. The molecule has 0 spiro atoms. The molecule has 1 aromatic rings. The Morgan fingerprint density at radius 2 is 2.09 bits per heavy atom. The van der Waals surface area contributed by atoms with Crippen molar-refractivity contribution in [2.24, 2.45) is 0 Å². The van der Waals surface area contributed by atoms with Gasteiger partial charge >= 0.3 is 5.97 Å². The first-order valence-corrected chi connectivity index (χ1v) is 11.9. The van der Waals surface area contributed by atoms with Crippen LogP contribution in [0.25, 0.3) is 0 Å². The van der Waals surface area contributed by atoms with Gasteiger partial charge in [0, 0.05) is 31.3 Å². The van der Waals surface area contributed by atoms with Gasteiger partial charge in [0.2, 0.25) is 0 Å². The van der Waals surface area contributed by atoms with Crippen LogP contribution in [0, 0.1) is 0 Å². The molecule has 2 aliphatic heterocycles. The highest BCUT2D eigenvalue weighted by atomic mass is 16.7. The molecular weight excluding hydrogens is 412 g/mol. The van der Waals surface area contributed by atoms with Crippen molar-refractivity contribution in [3.05, 3.63) is 23.8 Å². The maximum Gasteiger partial charge on any atom is 0.347 e. The molecule has 178 valence electrons. The fraction of sp³-hybridized carbons (Fsp3) is 0.680. The number of hydrogen-bond acceptors (Lipinski definition) is 7. The minimum absolute atomic E-state index is 0.0770. The summed E-state index contributed by atoms with van der Waals surface area (Å²) in [7, 11) is 0. The zero-order valence-electron chi connectivity index (χ0n) is 19.5. The van der Waals surface area contributed by atoms with Crippen molar-refractivity contribution in [3.8, 4) is 11.5 Å². The molecule has 3 rings (SSSR count). The molecule has 1 aromatic carbocycles. The predicted molar refractivity (Wildman–Crippen MR) is 119 cm³/mol. The molecule has 1 fully saturated rings. The lowest BCUT2D eigenvalue weighted by atomic mass is 9.87. The average Bonchev–Trinajstić information content (AvgIpc) is 2.79. The third kappa shape index (κ3) is 6.45. The van der Waals surface area contributed by atoms with E-state index in [1.165, 1.54) is 0 Å². The number of ether oxygens (including phenoxy) is 5. The highest BCUT2D eigenvalue weighted by Gasteiger charge is 2.39. The minimum Gasteiger partial charge on any atom is -0.479 e. The lowest BCUT2D eigenvalue weighted by molar-refractivity contribution is -0.163. The molecule has 0 N–H and O–H groups in total. The second-order valence-corrected chi connectivity index (χ2v) is 8.59. The van der Waals surface area contributed by atoms with Crippen LogP contribution >= 0.6 is 0 Å². The Balaban J connectivity index is 1.54.